The summed E-state index contributed by atoms with van der Waals surface area (Å²) in [5.74, 6) is -0.159. The molecular formula is C18H25NO2. The zero-order valence-corrected chi connectivity index (χ0v) is 13.5. The van der Waals surface area contributed by atoms with Crippen molar-refractivity contribution >= 4 is 12.0 Å². The number of hydrogen-bond acceptors (Lipinski definition) is 3. The zero-order valence-electron chi connectivity index (χ0n) is 13.5. The molecule has 0 amide bonds. The molecule has 114 valence electrons. The summed E-state index contributed by atoms with van der Waals surface area (Å²) >= 11 is 0. The van der Waals surface area contributed by atoms with E-state index in [4.69, 9.17) is 4.84 Å². The molecule has 0 aromatic heterocycles. The van der Waals surface area contributed by atoms with Gasteiger partial charge in [0.1, 0.15) is 0 Å². The number of carbonyl (C=O) groups is 1. The lowest BCUT2D eigenvalue weighted by Gasteiger charge is -2.29. The summed E-state index contributed by atoms with van der Waals surface area (Å²) in [7, 11) is 0. The van der Waals surface area contributed by atoms with Gasteiger partial charge in [-0.1, -0.05) is 41.5 Å². The fraction of sp³-hybridized carbons (Fsp3) is 0.500. The maximum Gasteiger partial charge on any atom is 0.330 e. The van der Waals surface area contributed by atoms with E-state index < -0.39 is 5.41 Å². The van der Waals surface area contributed by atoms with Gasteiger partial charge in [-0.15, -0.1) is 5.06 Å². The minimum Gasteiger partial charge on any atom is -0.367 e. The number of benzene rings is 1. The Bertz CT molecular complexity index is 530. The lowest BCUT2D eigenvalue weighted by atomic mass is 9.97. The van der Waals surface area contributed by atoms with Crippen LogP contribution in [0.25, 0.3) is 6.08 Å². The summed E-state index contributed by atoms with van der Waals surface area (Å²) < 4.78 is 0. The molecule has 1 aromatic rings. The highest BCUT2D eigenvalue weighted by atomic mass is 16.7. The Kier molecular flexibility index (Phi) is 4.84. The van der Waals surface area contributed by atoms with E-state index >= 15 is 0 Å². The van der Waals surface area contributed by atoms with E-state index in [2.05, 4.69) is 37.3 Å². The van der Waals surface area contributed by atoms with E-state index in [0.29, 0.717) is 0 Å². The number of rotatable bonds is 2. The van der Waals surface area contributed by atoms with Crippen molar-refractivity contribution in [1.29, 1.82) is 0 Å². The minimum absolute atomic E-state index is 0.159. The maximum atomic E-state index is 11.9. The van der Waals surface area contributed by atoms with Gasteiger partial charge in [0.25, 0.3) is 0 Å². The van der Waals surface area contributed by atoms with Gasteiger partial charge < -0.3 is 4.84 Å². The molecule has 3 heteroatoms. The molecule has 1 aliphatic heterocycles. The van der Waals surface area contributed by atoms with Crippen molar-refractivity contribution in [3.8, 4) is 0 Å². The van der Waals surface area contributed by atoms with Crippen molar-refractivity contribution in [2.45, 2.75) is 40.5 Å². The summed E-state index contributed by atoms with van der Waals surface area (Å²) in [6, 6.07) is 8.52. The largest absolute Gasteiger partial charge is 0.367 e. The summed E-state index contributed by atoms with van der Waals surface area (Å²) in [5, 5.41) is 1.79. The quantitative estimate of drug-likeness (QED) is 0.824. The molecule has 1 saturated heterocycles. The fourth-order valence-electron chi connectivity index (χ4n) is 2.26. The van der Waals surface area contributed by atoms with Gasteiger partial charge >= 0.3 is 5.97 Å². The van der Waals surface area contributed by atoms with Crippen molar-refractivity contribution < 1.29 is 9.63 Å². The first-order valence-electron chi connectivity index (χ1n) is 7.58. The normalized spacial score (nSPS) is 16.7. The smallest absolute Gasteiger partial charge is 0.330 e. The zero-order chi connectivity index (χ0) is 15.5. The van der Waals surface area contributed by atoms with Crippen LogP contribution in [0, 0.1) is 12.3 Å². The molecule has 3 nitrogen and oxygen atoms in total. The number of piperidine rings is 1. The molecule has 0 unspecified atom stereocenters. The van der Waals surface area contributed by atoms with Crippen LogP contribution in [0.2, 0.25) is 0 Å². The lowest BCUT2D eigenvalue weighted by molar-refractivity contribution is -0.202. The fourth-order valence-corrected chi connectivity index (χ4v) is 2.26. The van der Waals surface area contributed by atoms with Gasteiger partial charge in [-0.2, -0.15) is 0 Å². The third-order valence-electron chi connectivity index (χ3n) is 3.60. The molecule has 0 N–H and O–H groups in total. The number of nitrogens with zero attached hydrogens (tertiary/aromatic N) is 1. The number of aryl methyl sites for hydroxylation is 1. The second-order valence-electron chi connectivity index (χ2n) is 6.77. The minimum atomic E-state index is -0.447. The van der Waals surface area contributed by atoms with Gasteiger partial charge in [-0.05, 0) is 46.1 Å². The van der Waals surface area contributed by atoms with E-state index in [0.717, 1.165) is 25.9 Å². The van der Waals surface area contributed by atoms with Gasteiger partial charge in [-0.3, -0.25) is 0 Å². The van der Waals surface area contributed by atoms with Crippen LogP contribution < -0.4 is 0 Å². The monoisotopic (exact) mass is 287 g/mol. The van der Waals surface area contributed by atoms with Crippen LogP contribution in [-0.4, -0.2) is 24.1 Å². The van der Waals surface area contributed by atoms with Gasteiger partial charge in [0.05, 0.1) is 5.41 Å². The molecule has 0 saturated carbocycles. The summed E-state index contributed by atoms with van der Waals surface area (Å²) in [6.07, 6.45) is 4.16. The Morgan fingerprint density at radius 1 is 1.24 bits per heavy atom. The molecule has 0 atom stereocenters. The number of carbonyl (C=O) groups excluding carboxylic acids is 1. The highest BCUT2D eigenvalue weighted by Gasteiger charge is 2.27. The third kappa shape index (κ3) is 4.71. The molecule has 0 radical (unpaired) electrons. The van der Waals surface area contributed by atoms with Crippen LogP contribution in [0.3, 0.4) is 0 Å². The average Bonchev–Trinajstić information content (AvgIpc) is 2.40. The second-order valence-corrected chi connectivity index (χ2v) is 6.77. The Hall–Kier alpha value is -1.61. The predicted octanol–water partition coefficient (Wildman–Crippen LogP) is 3.98. The van der Waals surface area contributed by atoms with Gasteiger partial charge in [-0.25, -0.2) is 4.79 Å². The Labute approximate surface area is 127 Å². The molecule has 1 fully saturated rings. The summed E-state index contributed by atoms with van der Waals surface area (Å²) in [5.41, 5.74) is 3.51. The average molecular weight is 287 g/mol. The van der Waals surface area contributed by atoms with Crippen molar-refractivity contribution in [2.24, 2.45) is 5.41 Å². The van der Waals surface area contributed by atoms with Gasteiger partial charge in [0.15, 0.2) is 0 Å². The maximum absolute atomic E-state index is 11.9. The Morgan fingerprint density at radius 2 is 1.90 bits per heavy atom. The van der Waals surface area contributed by atoms with Gasteiger partial charge in [0, 0.05) is 13.1 Å². The SMILES string of the molecule is Cc1cccc(C=C2CCN(OC(=O)C(C)(C)C)CC2)c1. The molecule has 1 aromatic carbocycles. The van der Waals surface area contributed by atoms with E-state index in [-0.39, 0.29) is 5.97 Å². The van der Waals surface area contributed by atoms with Crippen LogP contribution in [0.15, 0.2) is 29.8 Å². The number of hydrogen-bond donors (Lipinski definition) is 0. The van der Waals surface area contributed by atoms with E-state index in [1.165, 1.54) is 16.7 Å². The first-order valence-corrected chi connectivity index (χ1v) is 7.58. The standard InChI is InChI=1S/C18H25NO2/c1-14-6-5-7-16(12-14)13-15-8-10-19(11-9-15)21-17(20)18(2,3)4/h5-7,12-13H,8-11H2,1-4H3. The molecule has 21 heavy (non-hydrogen) atoms. The van der Waals surface area contributed by atoms with Crippen molar-refractivity contribution in [3.05, 3.63) is 41.0 Å². The molecule has 2 rings (SSSR count). The predicted molar refractivity (Wildman–Crippen MR) is 85.5 cm³/mol. The second kappa shape index (κ2) is 6.44. The van der Waals surface area contributed by atoms with Crippen LogP contribution in [0.5, 0.6) is 0 Å². The molecule has 0 spiro atoms. The summed E-state index contributed by atoms with van der Waals surface area (Å²) in [6.45, 7) is 9.29. The van der Waals surface area contributed by atoms with Crippen molar-refractivity contribution in [1.82, 2.24) is 5.06 Å². The molecule has 0 bridgehead atoms. The lowest BCUT2D eigenvalue weighted by Crippen LogP contribution is -2.37. The Balaban J connectivity index is 1.90. The first kappa shape index (κ1) is 15.8. The van der Waals surface area contributed by atoms with Crippen molar-refractivity contribution in [3.63, 3.8) is 0 Å². The Morgan fingerprint density at radius 3 is 2.48 bits per heavy atom. The van der Waals surface area contributed by atoms with E-state index in [9.17, 15) is 4.79 Å². The van der Waals surface area contributed by atoms with Crippen LogP contribution in [0.4, 0.5) is 0 Å². The summed E-state index contributed by atoms with van der Waals surface area (Å²) in [4.78, 5) is 17.3. The van der Waals surface area contributed by atoms with Gasteiger partial charge in [0.2, 0.25) is 0 Å². The van der Waals surface area contributed by atoms with Crippen LogP contribution >= 0.6 is 0 Å². The molecule has 0 aliphatic carbocycles. The molecular weight excluding hydrogens is 262 g/mol. The highest BCUT2D eigenvalue weighted by molar-refractivity contribution is 5.75. The van der Waals surface area contributed by atoms with Crippen molar-refractivity contribution in [2.75, 3.05) is 13.1 Å². The van der Waals surface area contributed by atoms with Crippen LogP contribution in [-0.2, 0) is 9.63 Å². The first-order chi connectivity index (χ1) is 9.84. The topological polar surface area (TPSA) is 29.5 Å². The molecule has 1 heterocycles. The number of hydroxylamine groups is 2. The van der Waals surface area contributed by atoms with E-state index in [1.807, 2.05) is 20.8 Å². The molecule has 1 aliphatic rings. The van der Waals surface area contributed by atoms with E-state index in [1.54, 1.807) is 5.06 Å². The third-order valence-corrected chi connectivity index (χ3v) is 3.60. The highest BCUT2D eigenvalue weighted by Crippen LogP contribution is 2.22. The van der Waals surface area contributed by atoms with Crippen LogP contribution in [0.1, 0.15) is 44.7 Å².